The lowest BCUT2D eigenvalue weighted by Crippen LogP contribution is -2.16. The van der Waals surface area contributed by atoms with E-state index >= 15 is 0 Å². The molecule has 0 aromatic heterocycles. The maximum atomic E-state index is 11.8. The van der Waals surface area contributed by atoms with Gasteiger partial charge in [0.1, 0.15) is 0 Å². The van der Waals surface area contributed by atoms with Gasteiger partial charge in [-0.25, -0.2) is 16.8 Å². The molecule has 1 atom stereocenters. The number of halogens is 1. The molecule has 120 valence electrons. The molecule has 0 fully saturated rings. The van der Waals surface area contributed by atoms with E-state index in [9.17, 15) is 16.8 Å². The number of hydrogen-bond donors (Lipinski definition) is 1. The normalized spacial score (nSPS) is 13.9. The topological polar surface area (TPSA) is 80.3 Å². The van der Waals surface area contributed by atoms with Gasteiger partial charge in [0.2, 0.25) is 0 Å². The van der Waals surface area contributed by atoms with E-state index in [-0.39, 0.29) is 15.2 Å². The van der Waals surface area contributed by atoms with Gasteiger partial charge in [0.05, 0.1) is 20.9 Å². The SMILES string of the molecule is CCCC(Cl)CNc1ccc(S(C)(=O)=O)cc1S(C)(=O)=O. The van der Waals surface area contributed by atoms with E-state index in [0.29, 0.717) is 12.2 Å². The van der Waals surface area contributed by atoms with Gasteiger partial charge in [-0.1, -0.05) is 13.3 Å². The van der Waals surface area contributed by atoms with Gasteiger partial charge in [-0.05, 0) is 24.6 Å². The first-order chi connectivity index (χ1) is 9.55. The van der Waals surface area contributed by atoms with Crippen LogP contribution >= 0.6 is 11.6 Å². The maximum Gasteiger partial charge on any atom is 0.177 e. The molecule has 0 saturated carbocycles. The summed E-state index contributed by atoms with van der Waals surface area (Å²) in [6, 6.07) is 4.02. The molecule has 0 spiro atoms. The molecule has 1 unspecified atom stereocenters. The van der Waals surface area contributed by atoms with Crippen LogP contribution in [0.2, 0.25) is 0 Å². The quantitative estimate of drug-likeness (QED) is 0.761. The zero-order valence-corrected chi connectivity index (χ0v) is 14.6. The first-order valence-electron chi connectivity index (χ1n) is 6.47. The lowest BCUT2D eigenvalue weighted by molar-refractivity contribution is 0.600. The summed E-state index contributed by atoms with van der Waals surface area (Å²) in [4.78, 5) is -0.0600. The number of anilines is 1. The highest BCUT2D eigenvalue weighted by molar-refractivity contribution is 7.91. The van der Waals surface area contributed by atoms with Crippen LogP contribution in [0.4, 0.5) is 5.69 Å². The van der Waals surface area contributed by atoms with Crippen molar-refractivity contribution in [3.8, 4) is 0 Å². The second-order valence-electron chi connectivity index (χ2n) is 4.97. The molecule has 1 aromatic rings. The Labute approximate surface area is 131 Å². The van der Waals surface area contributed by atoms with Crippen LogP contribution in [0, 0.1) is 0 Å². The van der Waals surface area contributed by atoms with Crippen LogP contribution in [0.15, 0.2) is 28.0 Å². The molecule has 0 bridgehead atoms. The molecule has 0 radical (unpaired) electrons. The van der Waals surface area contributed by atoms with E-state index < -0.39 is 19.7 Å². The minimum atomic E-state index is -3.55. The number of alkyl halides is 1. The number of sulfone groups is 2. The molecule has 0 saturated heterocycles. The molecular weight excluding hydrogens is 334 g/mol. The lowest BCUT2D eigenvalue weighted by Gasteiger charge is -2.14. The van der Waals surface area contributed by atoms with Crippen LogP contribution in [-0.2, 0) is 19.7 Å². The predicted molar refractivity (Wildman–Crippen MR) is 85.7 cm³/mol. The van der Waals surface area contributed by atoms with Crippen molar-refractivity contribution in [3.63, 3.8) is 0 Å². The Bertz CT molecular complexity index is 699. The smallest absolute Gasteiger partial charge is 0.177 e. The van der Waals surface area contributed by atoms with Crippen molar-refractivity contribution in [2.75, 3.05) is 24.4 Å². The highest BCUT2D eigenvalue weighted by atomic mass is 35.5. The largest absolute Gasteiger partial charge is 0.383 e. The number of rotatable bonds is 7. The van der Waals surface area contributed by atoms with Crippen molar-refractivity contribution in [1.29, 1.82) is 0 Å². The summed E-state index contributed by atoms with van der Waals surface area (Å²) >= 11 is 6.09. The van der Waals surface area contributed by atoms with Gasteiger partial charge in [-0.15, -0.1) is 11.6 Å². The molecule has 1 aromatic carbocycles. The lowest BCUT2D eigenvalue weighted by atomic mass is 10.2. The second kappa shape index (κ2) is 6.98. The van der Waals surface area contributed by atoms with Crippen LogP contribution in [0.1, 0.15) is 19.8 Å². The first kappa shape index (κ1) is 18.3. The van der Waals surface area contributed by atoms with Crippen molar-refractivity contribution >= 4 is 37.0 Å². The average molecular weight is 354 g/mol. The van der Waals surface area contributed by atoms with E-state index in [1.165, 1.54) is 18.2 Å². The summed E-state index contributed by atoms with van der Waals surface area (Å²) in [6.07, 6.45) is 3.83. The molecule has 0 heterocycles. The summed E-state index contributed by atoms with van der Waals surface area (Å²) in [5.74, 6) is 0. The molecule has 21 heavy (non-hydrogen) atoms. The summed E-state index contributed by atoms with van der Waals surface area (Å²) < 4.78 is 46.7. The third kappa shape index (κ3) is 5.48. The Morgan fingerprint density at radius 3 is 2.24 bits per heavy atom. The van der Waals surface area contributed by atoms with Gasteiger partial charge in [0.25, 0.3) is 0 Å². The predicted octanol–water partition coefficient (Wildman–Crippen LogP) is 2.31. The maximum absolute atomic E-state index is 11.8. The van der Waals surface area contributed by atoms with Gasteiger partial charge < -0.3 is 5.32 Å². The van der Waals surface area contributed by atoms with Gasteiger partial charge in [-0.2, -0.15) is 0 Å². The fourth-order valence-corrected chi connectivity index (χ4v) is 3.72. The minimum absolute atomic E-state index is 0.0237. The van der Waals surface area contributed by atoms with E-state index in [1.807, 2.05) is 6.92 Å². The Morgan fingerprint density at radius 2 is 1.76 bits per heavy atom. The van der Waals surface area contributed by atoms with Crippen molar-refractivity contribution in [2.24, 2.45) is 0 Å². The summed E-state index contributed by atoms with van der Waals surface area (Å²) in [5.41, 5.74) is 0.367. The minimum Gasteiger partial charge on any atom is -0.383 e. The molecule has 0 aliphatic rings. The summed E-state index contributed by atoms with van der Waals surface area (Å²) in [6.45, 7) is 2.42. The third-order valence-electron chi connectivity index (χ3n) is 2.90. The molecular formula is C13H20ClNO4S2. The Morgan fingerprint density at radius 1 is 1.14 bits per heavy atom. The number of hydrogen-bond acceptors (Lipinski definition) is 5. The van der Waals surface area contributed by atoms with Crippen molar-refractivity contribution < 1.29 is 16.8 Å². The third-order valence-corrected chi connectivity index (χ3v) is 5.52. The van der Waals surface area contributed by atoms with Crippen LogP contribution in [0.25, 0.3) is 0 Å². The van der Waals surface area contributed by atoms with Gasteiger partial charge >= 0.3 is 0 Å². The average Bonchev–Trinajstić information content (AvgIpc) is 2.34. The Hall–Kier alpha value is -0.790. The summed E-state index contributed by atoms with van der Waals surface area (Å²) in [7, 11) is -7.01. The molecule has 0 amide bonds. The number of nitrogens with one attached hydrogen (secondary N) is 1. The Balaban J connectivity index is 3.16. The van der Waals surface area contributed by atoms with E-state index in [4.69, 9.17) is 11.6 Å². The van der Waals surface area contributed by atoms with Gasteiger partial charge in [0.15, 0.2) is 19.7 Å². The second-order valence-corrected chi connectivity index (χ2v) is 9.59. The molecule has 5 nitrogen and oxygen atoms in total. The molecule has 8 heteroatoms. The summed E-state index contributed by atoms with van der Waals surface area (Å²) in [5, 5.41) is 2.86. The fraction of sp³-hybridized carbons (Fsp3) is 0.538. The van der Waals surface area contributed by atoms with Crippen LogP contribution < -0.4 is 5.32 Å². The molecule has 0 aliphatic heterocycles. The highest BCUT2D eigenvalue weighted by Crippen LogP contribution is 2.25. The van der Waals surface area contributed by atoms with Gasteiger partial charge in [-0.3, -0.25) is 0 Å². The van der Waals surface area contributed by atoms with Crippen molar-refractivity contribution in [2.45, 2.75) is 34.9 Å². The standard InChI is InChI=1S/C13H20ClNO4S2/c1-4-5-10(14)9-15-12-7-6-11(20(2,16)17)8-13(12)21(3,18)19/h6-8,10,15H,4-5,9H2,1-3H3. The molecule has 0 aliphatic carbocycles. The van der Waals surface area contributed by atoms with E-state index in [2.05, 4.69) is 5.32 Å². The van der Waals surface area contributed by atoms with Gasteiger partial charge in [0, 0.05) is 19.1 Å². The Kier molecular flexibility index (Phi) is 6.07. The zero-order valence-electron chi connectivity index (χ0n) is 12.3. The fourth-order valence-electron chi connectivity index (χ4n) is 1.82. The monoisotopic (exact) mass is 353 g/mol. The van der Waals surface area contributed by atoms with Crippen molar-refractivity contribution in [3.05, 3.63) is 18.2 Å². The zero-order chi connectivity index (χ0) is 16.3. The highest BCUT2D eigenvalue weighted by Gasteiger charge is 2.18. The molecule has 1 rings (SSSR count). The first-order valence-corrected chi connectivity index (χ1v) is 10.7. The molecule has 1 N–H and O–H groups in total. The van der Waals surface area contributed by atoms with Crippen LogP contribution in [-0.4, -0.2) is 41.3 Å². The number of benzene rings is 1. The van der Waals surface area contributed by atoms with Crippen LogP contribution in [0.3, 0.4) is 0 Å². The van der Waals surface area contributed by atoms with Crippen molar-refractivity contribution in [1.82, 2.24) is 0 Å². The van der Waals surface area contributed by atoms with E-state index in [0.717, 1.165) is 25.4 Å². The van der Waals surface area contributed by atoms with E-state index in [1.54, 1.807) is 0 Å². The van der Waals surface area contributed by atoms with Crippen LogP contribution in [0.5, 0.6) is 0 Å².